The van der Waals surface area contributed by atoms with Crippen LogP contribution in [0.4, 0.5) is 5.69 Å². The van der Waals surface area contributed by atoms with Gasteiger partial charge in [0.15, 0.2) is 0 Å². The number of aromatic nitrogens is 1. The predicted molar refractivity (Wildman–Crippen MR) is 97.8 cm³/mol. The van der Waals surface area contributed by atoms with Crippen molar-refractivity contribution in [2.24, 2.45) is 0 Å². The highest BCUT2D eigenvalue weighted by molar-refractivity contribution is 5.95. The molecule has 2 aromatic rings. The monoisotopic (exact) mass is 341 g/mol. The molecule has 0 atom stereocenters. The number of hydrogen-bond acceptors (Lipinski definition) is 3. The van der Waals surface area contributed by atoms with E-state index in [1.54, 1.807) is 41.4 Å². The first-order chi connectivity index (χ1) is 11.9. The molecular weight excluding hydrogens is 318 g/mol. The molecule has 0 fully saturated rings. The second kappa shape index (κ2) is 8.28. The van der Waals surface area contributed by atoms with Crippen molar-refractivity contribution < 1.29 is 9.59 Å². The largest absolute Gasteiger partial charge is 0.339 e. The smallest absolute Gasteiger partial charge is 0.253 e. The molecule has 2 amide bonds. The van der Waals surface area contributed by atoms with Crippen molar-refractivity contribution in [3.63, 3.8) is 0 Å². The third-order valence-corrected chi connectivity index (χ3v) is 3.91. The van der Waals surface area contributed by atoms with E-state index in [2.05, 4.69) is 5.32 Å². The molecule has 0 saturated heterocycles. The zero-order valence-corrected chi connectivity index (χ0v) is 14.8. The van der Waals surface area contributed by atoms with E-state index in [1.807, 2.05) is 20.8 Å². The lowest BCUT2D eigenvalue weighted by Gasteiger charge is -2.18. The Kier molecular flexibility index (Phi) is 6.11. The molecule has 6 nitrogen and oxygen atoms in total. The molecule has 132 valence electrons. The number of benzene rings is 1. The molecule has 0 radical (unpaired) electrons. The molecule has 1 aromatic heterocycles. The van der Waals surface area contributed by atoms with Crippen molar-refractivity contribution in [2.45, 2.75) is 27.3 Å². The Labute approximate surface area is 147 Å². The highest BCUT2D eigenvalue weighted by Gasteiger charge is 2.12. The molecule has 0 saturated carbocycles. The summed E-state index contributed by atoms with van der Waals surface area (Å²) in [5.74, 6) is -0.329. The van der Waals surface area contributed by atoms with Gasteiger partial charge in [-0.3, -0.25) is 14.4 Å². The molecule has 0 aliphatic heterocycles. The molecule has 1 heterocycles. The summed E-state index contributed by atoms with van der Waals surface area (Å²) < 4.78 is 1.36. The average Bonchev–Trinajstić information content (AvgIpc) is 2.59. The molecule has 6 heteroatoms. The first kappa shape index (κ1) is 18.4. The fraction of sp³-hybridized carbons (Fsp3) is 0.316. The maximum Gasteiger partial charge on any atom is 0.253 e. The standard InChI is InChI=1S/C19H23N3O3/c1-4-21(5-2)19(25)15-7-9-16(10-8-15)20-17(23)13-22-12-14(3)6-11-18(22)24/h6-12H,4-5,13H2,1-3H3,(H,20,23). The second-order valence-electron chi connectivity index (χ2n) is 5.78. The summed E-state index contributed by atoms with van der Waals surface area (Å²) in [6, 6.07) is 9.91. The van der Waals surface area contributed by atoms with Gasteiger partial charge in [0, 0.05) is 36.6 Å². The van der Waals surface area contributed by atoms with Crippen LogP contribution in [0.15, 0.2) is 47.4 Å². The van der Waals surface area contributed by atoms with E-state index in [9.17, 15) is 14.4 Å². The van der Waals surface area contributed by atoms with Gasteiger partial charge >= 0.3 is 0 Å². The molecular formula is C19H23N3O3. The van der Waals surface area contributed by atoms with E-state index in [4.69, 9.17) is 0 Å². The molecule has 1 aromatic carbocycles. The lowest BCUT2D eigenvalue weighted by molar-refractivity contribution is -0.116. The van der Waals surface area contributed by atoms with E-state index in [0.717, 1.165) is 5.56 Å². The van der Waals surface area contributed by atoms with Crippen LogP contribution < -0.4 is 10.9 Å². The number of carbonyl (C=O) groups is 2. The van der Waals surface area contributed by atoms with Crippen LogP contribution in [0.25, 0.3) is 0 Å². The summed E-state index contributed by atoms with van der Waals surface area (Å²) in [6.45, 7) is 6.98. The molecule has 0 aliphatic rings. The van der Waals surface area contributed by atoms with Gasteiger partial charge in [0.25, 0.3) is 11.5 Å². The van der Waals surface area contributed by atoms with Crippen LogP contribution in [-0.2, 0) is 11.3 Å². The molecule has 0 spiro atoms. The van der Waals surface area contributed by atoms with Crippen LogP contribution in [0.1, 0.15) is 29.8 Å². The number of carbonyl (C=O) groups excluding carboxylic acids is 2. The SMILES string of the molecule is CCN(CC)C(=O)c1ccc(NC(=O)Cn2cc(C)ccc2=O)cc1. The Hall–Kier alpha value is -2.89. The Morgan fingerprint density at radius 2 is 1.68 bits per heavy atom. The van der Waals surface area contributed by atoms with Gasteiger partial charge < -0.3 is 14.8 Å². The van der Waals surface area contributed by atoms with Crippen LogP contribution in [0.3, 0.4) is 0 Å². The Morgan fingerprint density at radius 3 is 2.28 bits per heavy atom. The van der Waals surface area contributed by atoms with Gasteiger partial charge in [0.1, 0.15) is 6.54 Å². The number of nitrogens with zero attached hydrogens (tertiary/aromatic N) is 2. The zero-order valence-electron chi connectivity index (χ0n) is 14.8. The minimum absolute atomic E-state index is 0.0332. The van der Waals surface area contributed by atoms with Gasteiger partial charge in [0.05, 0.1) is 0 Å². The van der Waals surface area contributed by atoms with Gasteiger partial charge in [-0.1, -0.05) is 6.07 Å². The number of hydrogen-bond donors (Lipinski definition) is 1. The van der Waals surface area contributed by atoms with Crippen molar-refractivity contribution in [2.75, 3.05) is 18.4 Å². The van der Waals surface area contributed by atoms with Crippen LogP contribution in [0.5, 0.6) is 0 Å². The maximum absolute atomic E-state index is 12.3. The summed E-state index contributed by atoms with van der Waals surface area (Å²) in [5.41, 5.74) is 1.85. The number of amides is 2. The fourth-order valence-electron chi connectivity index (χ4n) is 2.52. The van der Waals surface area contributed by atoms with Crippen LogP contribution >= 0.6 is 0 Å². The van der Waals surface area contributed by atoms with Crippen molar-refractivity contribution in [1.82, 2.24) is 9.47 Å². The normalized spacial score (nSPS) is 10.4. The summed E-state index contributed by atoms with van der Waals surface area (Å²) in [7, 11) is 0. The number of rotatable bonds is 6. The summed E-state index contributed by atoms with van der Waals surface area (Å²) in [4.78, 5) is 37.8. The highest BCUT2D eigenvalue weighted by Crippen LogP contribution is 2.12. The van der Waals surface area contributed by atoms with E-state index in [1.165, 1.54) is 10.6 Å². The summed E-state index contributed by atoms with van der Waals surface area (Å²) in [5, 5.41) is 2.74. The predicted octanol–water partition coefficient (Wildman–Crippen LogP) is 2.28. The third kappa shape index (κ3) is 4.79. The molecule has 25 heavy (non-hydrogen) atoms. The minimum atomic E-state index is -0.296. The van der Waals surface area contributed by atoms with Crippen LogP contribution in [0, 0.1) is 6.92 Å². The second-order valence-corrected chi connectivity index (χ2v) is 5.78. The Balaban J connectivity index is 2.03. The van der Waals surface area contributed by atoms with Gasteiger partial charge in [-0.25, -0.2) is 0 Å². The van der Waals surface area contributed by atoms with Crippen LogP contribution in [-0.4, -0.2) is 34.4 Å². The molecule has 2 rings (SSSR count). The van der Waals surface area contributed by atoms with Gasteiger partial charge in [0.2, 0.25) is 5.91 Å². The van der Waals surface area contributed by atoms with Crippen molar-refractivity contribution in [3.8, 4) is 0 Å². The van der Waals surface area contributed by atoms with Gasteiger partial charge in [-0.15, -0.1) is 0 Å². The van der Waals surface area contributed by atoms with Crippen molar-refractivity contribution >= 4 is 17.5 Å². The van der Waals surface area contributed by atoms with E-state index >= 15 is 0 Å². The Morgan fingerprint density at radius 1 is 1.04 bits per heavy atom. The molecule has 1 N–H and O–H groups in total. The van der Waals surface area contributed by atoms with Gasteiger partial charge in [-0.05, 0) is 50.6 Å². The average molecular weight is 341 g/mol. The Bertz CT molecular complexity index is 805. The zero-order chi connectivity index (χ0) is 18.4. The first-order valence-corrected chi connectivity index (χ1v) is 8.30. The quantitative estimate of drug-likeness (QED) is 0.876. The van der Waals surface area contributed by atoms with E-state index in [-0.39, 0.29) is 23.9 Å². The minimum Gasteiger partial charge on any atom is -0.339 e. The number of anilines is 1. The highest BCUT2D eigenvalue weighted by atomic mass is 16.2. The summed E-state index contributed by atoms with van der Waals surface area (Å²) >= 11 is 0. The topological polar surface area (TPSA) is 71.4 Å². The van der Waals surface area contributed by atoms with E-state index in [0.29, 0.717) is 24.3 Å². The molecule has 0 bridgehead atoms. The van der Waals surface area contributed by atoms with Crippen molar-refractivity contribution in [3.05, 3.63) is 64.1 Å². The third-order valence-electron chi connectivity index (χ3n) is 3.91. The lowest BCUT2D eigenvalue weighted by atomic mass is 10.1. The van der Waals surface area contributed by atoms with Crippen LogP contribution in [0.2, 0.25) is 0 Å². The summed E-state index contributed by atoms with van der Waals surface area (Å²) in [6.07, 6.45) is 1.65. The number of aryl methyl sites for hydroxylation is 1. The fourth-order valence-corrected chi connectivity index (χ4v) is 2.52. The van der Waals surface area contributed by atoms with Gasteiger partial charge in [-0.2, -0.15) is 0 Å². The number of nitrogens with one attached hydrogen (secondary N) is 1. The van der Waals surface area contributed by atoms with E-state index < -0.39 is 0 Å². The first-order valence-electron chi connectivity index (χ1n) is 8.30. The molecule has 0 aliphatic carbocycles. The maximum atomic E-state index is 12.3. The number of pyridine rings is 1. The molecule has 0 unspecified atom stereocenters. The lowest BCUT2D eigenvalue weighted by Crippen LogP contribution is -2.30. The van der Waals surface area contributed by atoms with Crippen molar-refractivity contribution in [1.29, 1.82) is 0 Å².